The Kier molecular flexibility index (Phi) is 5.36. The number of hydrogen-bond acceptors (Lipinski definition) is 3. The molecular weight excluding hydrogens is 304 g/mol. The Bertz CT molecular complexity index is 740. The fraction of sp³-hybridized carbons (Fsp3) is 0.263. The van der Waals surface area contributed by atoms with Crippen LogP contribution in [0.2, 0.25) is 0 Å². The smallest absolute Gasteiger partial charge is 0.251 e. The number of benzene rings is 2. The number of amides is 2. The first-order valence-corrected chi connectivity index (χ1v) is 7.74. The maximum Gasteiger partial charge on any atom is 0.251 e. The van der Waals surface area contributed by atoms with E-state index in [9.17, 15) is 14.7 Å². The number of anilines is 1. The summed E-state index contributed by atoms with van der Waals surface area (Å²) in [4.78, 5) is 24.2. The van der Waals surface area contributed by atoms with Gasteiger partial charge in [0.2, 0.25) is 5.91 Å². The zero-order valence-corrected chi connectivity index (χ0v) is 14.1. The van der Waals surface area contributed by atoms with Crippen LogP contribution in [0.5, 0.6) is 0 Å². The van der Waals surface area contributed by atoms with E-state index < -0.39 is 5.60 Å². The van der Waals surface area contributed by atoms with Gasteiger partial charge in [0.25, 0.3) is 5.91 Å². The van der Waals surface area contributed by atoms with Gasteiger partial charge in [-0.2, -0.15) is 0 Å². The van der Waals surface area contributed by atoms with Gasteiger partial charge in [0, 0.05) is 18.3 Å². The van der Waals surface area contributed by atoms with Crippen molar-refractivity contribution < 1.29 is 14.7 Å². The van der Waals surface area contributed by atoms with Crippen molar-refractivity contribution in [3.05, 3.63) is 65.2 Å². The van der Waals surface area contributed by atoms with Crippen LogP contribution in [0.4, 0.5) is 5.69 Å². The van der Waals surface area contributed by atoms with Crippen molar-refractivity contribution in [2.75, 3.05) is 12.4 Å². The lowest BCUT2D eigenvalue weighted by atomic mass is 9.92. The standard InChI is InChI=1S/C19H22N2O3/c1-13-15(18(23)20-3)10-7-11-16(13)21-17(22)12-19(2,24)14-8-5-4-6-9-14/h4-11,24H,12H2,1-3H3,(H,20,23)(H,21,22). The van der Waals surface area contributed by atoms with Crippen LogP contribution >= 0.6 is 0 Å². The lowest BCUT2D eigenvalue weighted by Crippen LogP contribution is -2.28. The molecular formula is C19H22N2O3. The van der Waals surface area contributed by atoms with Gasteiger partial charge in [0.05, 0.1) is 12.0 Å². The summed E-state index contributed by atoms with van der Waals surface area (Å²) in [5, 5.41) is 15.9. The summed E-state index contributed by atoms with van der Waals surface area (Å²) in [6.07, 6.45) is -0.0827. The quantitative estimate of drug-likeness (QED) is 0.790. The van der Waals surface area contributed by atoms with Crippen LogP contribution in [0.3, 0.4) is 0 Å². The Hall–Kier alpha value is -2.66. The average molecular weight is 326 g/mol. The summed E-state index contributed by atoms with van der Waals surface area (Å²) >= 11 is 0. The van der Waals surface area contributed by atoms with Gasteiger partial charge >= 0.3 is 0 Å². The van der Waals surface area contributed by atoms with Gasteiger partial charge in [-0.1, -0.05) is 36.4 Å². The zero-order chi connectivity index (χ0) is 17.7. The summed E-state index contributed by atoms with van der Waals surface area (Å²) in [7, 11) is 1.56. The molecule has 5 nitrogen and oxygen atoms in total. The van der Waals surface area contributed by atoms with Gasteiger partial charge in [-0.25, -0.2) is 0 Å². The van der Waals surface area contributed by atoms with Gasteiger partial charge in [-0.15, -0.1) is 0 Å². The molecule has 5 heteroatoms. The number of nitrogens with one attached hydrogen (secondary N) is 2. The predicted molar refractivity (Wildman–Crippen MR) is 93.8 cm³/mol. The first-order chi connectivity index (χ1) is 11.3. The molecule has 0 aliphatic heterocycles. The minimum Gasteiger partial charge on any atom is -0.385 e. The van der Waals surface area contributed by atoms with Gasteiger partial charge in [0.1, 0.15) is 0 Å². The lowest BCUT2D eigenvalue weighted by Gasteiger charge is -2.23. The van der Waals surface area contributed by atoms with Crippen LogP contribution in [-0.4, -0.2) is 24.0 Å². The van der Waals surface area contributed by atoms with E-state index in [1.165, 1.54) is 0 Å². The lowest BCUT2D eigenvalue weighted by molar-refractivity contribution is -0.120. The van der Waals surface area contributed by atoms with Gasteiger partial charge in [-0.05, 0) is 37.1 Å². The van der Waals surface area contributed by atoms with Crippen molar-refractivity contribution in [1.29, 1.82) is 0 Å². The van der Waals surface area contributed by atoms with Crippen LogP contribution in [-0.2, 0) is 10.4 Å². The summed E-state index contributed by atoms with van der Waals surface area (Å²) in [5.41, 5.74) is 1.16. The monoisotopic (exact) mass is 326 g/mol. The molecule has 126 valence electrons. The maximum absolute atomic E-state index is 12.3. The second-order valence-electron chi connectivity index (χ2n) is 5.92. The highest BCUT2D eigenvalue weighted by Gasteiger charge is 2.26. The molecule has 2 amide bonds. The molecule has 2 aromatic carbocycles. The van der Waals surface area contributed by atoms with Crippen LogP contribution in [0.25, 0.3) is 0 Å². The molecule has 0 aliphatic carbocycles. The third-order valence-electron chi connectivity index (χ3n) is 3.98. The summed E-state index contributed by atoms with van der Waals surface area (Å²) in [6.45, 7) is 3.38. The summed E-state index contributed by atoms with van der Waals surface area (Å²) in [5.74, 6) is -0.527. The van der Waals surface area contributed by atoms with E-state index in [2.05, 4.69) is 10.6 Å². The average Bonchev–Trinajstić information content (AvgIpc) is 2.56. The molecule has 24 heavy (non-hydrogen) atoms. The molecule has 1 atom stereocenters. The molecule has 0 saturated heterocycles. The molecule has 2 aromatic rings. The number of aliphatic hydroxyl groups is 1. The van der Waals surface area contributed by atoms with Crippen molar-refractivity contribution in [2.45, 2.75) is 25.9 Å². The van der Waals surface area contributed by atoms with Crippen LogP contribution < -0.4 is 10.6 Å². The molecule has 0 radical (unpaired) electrons. The topological polar surface area (TPSA) is 78.4 Å². The highest BCUT2D eigenvalue weighted by molar-refractivity contribution is 5.99. The second kappa shape index (κ2) is 7.27. The Morgan fingerprint density at radius 2 is 1.75 bits per heavy atom. The zero-order valence-electron chi connectivity index (χ0n) is 14.1. The molecule has 0 aromatic heterocycles. The summed E-state index contributed by atoms with van der Waals surface area (Å²) in [6, 6.07) is 14.2. The first-order valence-electron chi connectivity index (χ1n) is 7.74. The minimum absolute atomic E-state index is 0.0827. The third kappa shape index (κ3) is 4.00. The first kappa shape index (κ1) is 17.7. The number of carbonyl (C=O) groups excluding carboxylic acids is 2. The molecule has 0 bridgehead atoms. The highest BCUT2D eigenvalue weighted by atomic mass is 16.3. The fourth-order valence-electron chi connectivity index (χ4n) is 2.56. The molecule has 0 spiro atoms. The molecule has 0 heterocycles. The van der Waals surface area contributed by atoms with E-state index in [-0.39, 0.29) is 18.2 Å². The molecule has 0 aliphatic rings. The van der Waals surface area contributed by atoms with E-state index in [4.69, 9.17) is 0 Å². The Morgan fingerprint density at radius 1 is 1.08 bits per heavy atom. The Morgan fingerprint density at radius 3 is 2.38 bits per heavy atom. The molecule has 3 N–H and O–H groups in total. The van der Waals surface area contributed by atoms with Gasteiger partial charge in [0.15, 0.2) is 0 Å². The van der Waals surface area contributed by atoms with Crippen molar-refractivity contribution in [3.8, 4) is 0 Å². The number of rotatable bonds is 5. The predicted octanol–water partition coefficient (Wildman–Crippen LogP) is 2.59. The third-order valence-corrected chi connectivity index (χ3v) is 3.98. The molecule has 0 fully saturated rings. The number of hydrogen-bond donors (Lipinski definition) is 3. The number of carbonyl (C=O) groups is 2. The van der Waals surface area contributed by atoms with Crippen LogP contribution in [0.15, 0.2) is 48.5 Å². The highest BCUT2D eigenvalue weighted by Crippen LogP contribution is 2.26. The van der Waals surface area contributed by atoms with Crippen LogP contribution in [0, 0.1) is 6.92 Å². The molecule has 1 unspecified atom stereocenters. The van der Waals surface area contributed by atoms with E-state index in [1.54, 1.807) is 51.2 Å². The minimum atomic E-state index is -1.27. The summed E-state index contributed by atoms with van der Waals surface area (Å²) < 4.78 is 0. The van der Waals surface area contributed by atoms with Crippen molar-refractivity contribution in [3.63, 3.8) is 0 Å². The molecule has 2 rings (SSSR count). The Balaban J connectivity index is 2.14. The Labute approximate surface area is 141 Å². The molecule has 0 saturated carbocycles. The van der Waals surface area contributed by atoms with Gasteiger partial charge < -0.3 is 15.7 Å². The fourth-order valence-corrected chi connectivity index (χ4v) is 2.56. The van der Waals surface area contributed by atoms with E-state index in [0.29, 0.717) is 22.4 Å². The van der Waals surface area contributed by atoms with Crippen molar-refractivity contribution in [1.82, 2.24) is 5.32 Å². The second-order valence-corrected chi connectivity index (χ2v) is 5.92. The van der Waals surface area contributed by atoms with Crippen molar-refractivity contribution >= 4 is 17.5 Å². The SMILES string of the molecule is CNC(=O)c1cccc(NC(=O)CC(C)(O)c2ccccc2)c1C. The van der Waals surface area contributed by atoms with E-state index in [1.807, 2.05) is 18.2 Å². The maximum atomic E-state index is 12.3. The van der Waals surface area contributed by atoms with Gasteiger partial charge in [-0.3, -0.25) is 9.59 Å². The van der Waals surface area contributed by atoms with E-state index in [0.717, 1.165) is 0 Å². The normalized spacial score (nSPS) is 13.0. The largest absolute Gasteiger partial charge is 0.385 e. The van der Waals surface area contributed by atoms with Crippen molar-refractivity contribution in [2.24, 2.45) is 0 Å². The van der Waals surface area contributed by atoms with Crippen LogP contribution in [0.1, 0.15) is 34.8 Å². The van der Waals surface area contributed by atoms with E-state index >= 15 is 0 Å².